The summed E-state index contributed by atoms with van der Waals surface area (Å²) in [6.45, 7) is 20.2. The van der Waals surface area contributed by atoms with E-state index < -0.39 is 30.9 Å². The molecule has 0 rings (SSSR count). The highest BCUT2D eigenvalue weighted by Crippen LogP contribution is 2.34. The maximum absolute atomic E-state index is 6.66. The van der Waals surface area contributed by atoms with Crippen LogP contribution in [-0.4, -0.2) is 41.2 Å². The Hall–Kier alpha value is 0.748. The predicted molar refractivity (Wildman–Crippen MR) is 160 cm³/mol. The summed E-state index contributed by atoms with van der Waals surface area (Å²) in [6.07, 6.45) is 21.5. The van der Waals surface area contributed by atoms with Gasteiger partial charge >= 0.3 is 0 Å². The van der Waals surface area contributed by atoms with Crippen LogP contribution in [0.15, 0.2) is 0 Å². The van der Waals surface area contributed by atoms with Gasteiger partial charge in [0.2, 0.25) is 0 Å². The third-order valence-electron chi connectivity index (χ3n) is 5.54. The van der Waals surface area contributed by atoms with Gasteiger partial charge in [0.25, 0.3) is 5.97 Å². The first-order chi connectivity index (χ1) is 15.7. The number of unbranched alkanes of at least 4 members (excludes halogenated alkanes) is 14. The lowest BCUT2D eigenvalue weighted by molar-refractivity contribution is -0.274. The molecule has 0 aromatic carbocycles. The van der Waals surface area contributed by atoms with Gasteiger partial charge in [0.05, 0.1) is 0 Å². The Morgan fingerprint density at radius 2 is 0.647 bits per heavy atom. The monoisotopic (exact) mass is 545 g/mol. The molecule has 203 valence electrons. The molecule has 0 unspecified atom stereocenters. The van der Waals surface area contributed by atoms with Crippen LogP contribution in [0.1, 0.15) is 103 Å². The normalized spacial score (nSPS) is 13.6. The van der Waals surface area contributed by atoms with Crippen LogP contribution in [-0.2, 0) is 13.3 Å². The van der Waals surface area contributed by atoms with Crippen LogP contribution in [0.3, 0.4) is 0 Å². The number of rotatable bonds is 23. The van der Waals surface area contributed by atoms with E-state index in [1.165, 1.54) is 89.9 Å². The molecule has 0 fully saturated rings. The summed E-state index contributed by atoms with van der Waals surface area (Å²) in [5, 5.41) is 0. The SMILES string of the molecule is C[Si](C)(C)OC(CCCCCCCCCCCCCCCCC[Si])(O[Si](C)(C)C)O[Si](C)(C)C. The van der Waals surface area contributed by atoms with Gasteiger partial charge in [-0.05, 0) is 65.3 Å². The highest BCUT2D eigenvalue weighted by Gasteiger charge is 2.44. The fraction of sp³-hybridized carbons (Fsp3) is 1.00. The molecule has 0 bridgehead atoms. The molecular weight excluding hydrogens is 485 g/mol. The van der Waals surface area contributed by atoms with Crippen molar-refractivity contribution in [2.45, 2.75) is 174 Å². The molecule has 0 heterocycles. The molecule has 3 radical (unpaired) electrons. The summed E-state index contributed by atoms with van der Waals surface area (Å²) < 4.78 is 20.0. The molecule has 0 saturated carbocycles. The van der Waals surface area contributed by atoms with Gasteiger partial charge in [-0.15, -0.1) is 0 Å². The summed E-state index contributed by atoms with van der Waals surface area (Å²) in [5.41, 5.74) is 0. The van der Waals surface area contributed by atoms with E-state index in [9.17, 15) is 0 Å². The maximum Gasteiger partial charge on any atom is 0.254 e. The second-order valence-corrected chi connectivity index (χ2v) is 26.9. The fourth-order valence-corrected chi connectivity index (χ4v) is 8.23. The zero-order chi connectivity index (χ0) is 26.1. The average molecular weight is 546 g/mol. The first kappa shape index (κ1) is 34.7. The second kappa shape index (κ2) is 18.1. The Labute approximate surface area is 221 Å². The minimum Gasteiger partial charge on any atom is -0.371 e. The van der Waals surface area contributed by atoms with Crippen LogP contribution in [0.5, 0.6) is 0 Å². The quantitative estimate of drug-likeness (QED) is 0.0726. The lowest BCUT2D eigenvalue weighted by Gasteiger charge is -2.45. The van der Waals surface area contributed by atoms with Crippen LogP contribution in [0.25, 0.3) is 0 Å². The highest BCUT2D eigenvalue weighted by molar-refractivity contribution is 6.72. The highest BCUT2D eigenvalue weighted by atomic mass is 28.4. The van der Waals surface area contributed by atoms with Crippen molar-refractivity contribution in [1.29, 1.82) is 0 Å². The fourth-order valence-electron chi connectivity index (χ4n) is 4.38. The van der Waals surface area contributed by atoms with E-state index in [0.29, 0.717) is 0 Å². The summed E-state index contributed by atoms with van der Waals surface area (Å²) in [4.78, 5) is 0. The predicted octanol–water partition coefficient (Wildman–Crippen LogP) is 10.0. The van der Waals surface area contributed by atoms with E-state index in [0.717, 1.165) is 18.9 Å². The molecule has 0 aliphatic carbocycles. The third kappa shape index (κ3) is 23.2. The van der Waals surface area contributed by atoms with Crippen molar-refractivity contribution in [2.24, 2.45) is 0 Å². The van der Waals surface area contributed by atoms with Gasteiger partial charge in [0, 0.05) is 16.7 Å². The Bertz CT molecular complexity index is 441. The average Bonchev–Trinajstić information content (AvgIpc) is 2.63. The molecule has 0 aromatic heterocycles. The first-order valence-corrected chi connectivity index (χ1v) is 25.4. The van der Waals surface area contributed by atoms with E-state index in [4.69, 9.17) is 13.3 Å². The van der Waals surface area contributed by atoms with Crippen LogP contribution in [0.4, 0.5) is 0 Å². The zero-order valence-corrected chi connectivity index (χ0v) is 28.7. The molecule has 0 amide bonds. The van der Waals surface area contributed by atoms with Crippen LogP contribution >= 0.6 is 0 Å². The van der Waals surface area contributed by atoms with Gasteiger partial charge < -0.3 is 13.3 Å². The van der Waals surface area contributed by atoms with Crippen molar-refractivity contribution in [3.8, 4) is 0 Å². The number of hydrogen-bond acceptors (Lipinski definition) is 3. The molecule has 0 aromatic rings. The van der Waals surface area contributed by atoms with E-state index >= 15 is 0 Å². The van der Waals surface area contributed by atoms with E-state index in [-0.39, 0.29) is 0 Å². The minimum absolute atomic E-state index is 0.826. The summed E-state index contributed by atoms with van der Waals surface area (Å²) in [6, 6.07) is 1.16. The largest absolute Gasteiger partial charge is 0.371 e. The molecule has 34 heavy (non-hydrogen) atoms. The molecule has 3 nitrogen and oxygen atoms in total. The van der Waals surface area contributed by atoms with Crippen LogP contribution in [0.2, 0.25) is 65.0 Å². The molecule has 7 heteroatoms. The van der Waals surface area contributed by atoms with Crippen molar-refractivity contribution in [3.05, 3.63) is 0 Å². The van der Waals surface area contributed by atoms with Gasteiger partial charge in [0.1, 0.15) is 0 Å². The summed E-state index contributed by atoms with van der Waals surface area (Å²) >= 11 is 0. The van der Waals surface area contributed by atoms with Gasteiger partial charge in [-0.25, -0.2) is 0 Å². The molecule has 0 N–H and O–H groups in total. The van der Waals surface area contributed by atoms with Gasteiger partial charge in [0.15, 0.2) is 25.0 Å². The number of hydrogen-bond donors (Lipinski definition) is 0. The third-order valence-corrected chi connectivity index (χ3v) is 8.67. The molecule has 0 aliphatic heterocycles. The van der Waals surface area contributed by atoms with E-state index in [1.807, 2.05) is 0 Å². The first-order valence-electron chi connectivity index (χ1n) is 14.4. The van der Waals surface area contributed by atoms with Crippen molar-refractivity contribution in [2.75, 3.05) is 0 Å². The zero-order valence-electron chi connectivity index (χ0n) is 24.7. The molecule has 0 spiro atoms. The van der Waals surface area contributed by atoms with Crippen molar-refractivity contribution in [1.82, 2.24) is 0 Å². The van der Waals surface area contributed by atoms with Gasteiger partial charge in [-0.3, -0.25) is 0 Å². The summed E-state index contributed by atoms with van der Waals surface area (Å²) in [5.74, 6) is -0.826. The Balaban J connectivity index is 4.16. The standard InChI is InChI=1S/C27H61O3Si4/c1-32(2,3)28-27(29-33(4,5)6,30-34(7,8)9)25-23-21-19-17-15-13-11-10-12-14-16-18-20-22-24-26-31/h10-26H2,1-9H3. The van der Waals surface area contributed by atoms with Crippen molar-refractivity contribution < 1.29 is 13.3 Å². The van der Waals surface area contributed by atoms with Crippen LogP contribution < -0.4 is 0 Å². The van der Waals surface area contributed by atoms with E-state index in [1.54, 1.807) is 0 Å². The van der Waals surface area contributed by atoms with Gasteiger partial charge in [-0.2, -0.15) is 0 Å². The van der Waals surface area contributed by atoms with Crippen molar-refractivity contribution in [3.63, 3.8) is 0 Å². The van der Waals surface area contributed by atoms with Gasteiger partial charge in [-0.1, -0.05) is 95.9 Å². The maximum atomic E-state index is 6.66. The summed E-state index contributed by atoms with van der Waals surface area (Å²) in [7, 11) is -1.87. The van der Waals surface area contributed by atoms with E-state index in [2.05, 4.69) is 69.2 Å². The topological polar surface area (TPSA) is 27.7 Å². The minimum atomic E-state index is -1.81. The molecule has 0 saturated heterocycles. The molecule has 0 atom stereocenters. The Kier molecular flexibility index (Phi) is 18.5. The molecule has 0 aliphatic rings. The lowest BCUT2D eigenvalue weighted by Crippen LogP contribution is -2.55. The second-order valence-electron chi connectivity index (χ2n) is 13.1. The lowest BCUT2D eigenvalue weighted by atomic mass is 10.0. The Morgan fingerprint density at radius 3 is 0.882 bits per heavy atom. The Morgan fingerprint density at radius 1 is 0.412 bits per heavy atom. The van der Waals surface area contributed by atoms with Crippen molar-refractivity contribution >= 4 is 35.2 Å². The smallest absolute Gasteiger partial charge is 0.254 e. The molecular formula is C27H61O3Si4. The van der Waals surface area contributed by atoms with Crippen LogP contribution in [0, 0.1) is 0 Å².